The highest BCUT2D eigenvalue weighted by Crippen LogP contribution is 2.32. The van der Waals surface area contributed by atoms with Crippen LogP contribution in [0.5, 0.6) is 0 Å². The molecule has 108 valence electrons. The molecule has 1 unspecified atom stereocenters. The summed E-state index contributed by atoms with van der Waals surface area (Å²) in [6, 6.07) is 7.72. The first kappa shape index (κ1) is 14.5. The average Bonchev–Trinajstić information content (AvgIpc) is 2.45. The number of rotatable bonds is 4. The SMILES string of the molecule is CC(=O)N1CCc2ccccc2C1CC(=O)NCCO. The van der Waals surface area contributed by atoms with Crippen molar-refractivity contribution in [2.75, 3.05) is 19.7 Å². The monoisotopic (exact) mass is 276 g/mol. The van der Waals surface area contributed by atoms with Crippen molar-refractivity contribution in [2.24, 2.45) is 0 Å². The summed E-state index contributed by atoms with van der Waals surface area (Å²) < 4.78 is 0. The van der Waals surface area contributed by atoms with E-state index in [0.29, 0.717) is 6.54 Å². The lowest BCUT2D eigenvalue weighted by Crippen LogP contribution is -2.41. The summed E-state index contributed by atoms with van der Waals surface area (Å²) >= 11 is 0. The third-order valence-electron chi connectivity index (χ3n) is 3.63. The highest BCUT2D eigenvalue weighted by Gasteiger charge is 2.30. The molecule has 0 aromatic heterocycles. The molecule has 5 heteroatoms. The zero-order valence-electron chi connectivity index (χ0n) is 11.6. The van der Waals surface area contributed by atoms with Crippen LogP contribution < -0.4 is 5.32 Å². The molecule has 0 radical (unpaired) electrons. The van der Waals surface area contributed by atoms with E-state index in [4.69, 9.17) is 5.11 Å². The fourth-order valence-electron chi connectivity index (χ4n) is 2.69. The van der Waals surface area contributed by atoms with Gasteiger partial charge < -0.3 is 15.3 Å². The van der Waals surface area contributed by atoms with Gasteiger partial charge in [-0.1, -0.05) is 24.3 Å². The summed E-state index contributed by atoms with van der Waals surface area (Å²) in [5.41, 5.74) is 2.25. The lowest BCUT2D eigenvalue weighted by atomic mass is 9.90. The molecule has 1 aromatic rings. The van der Waals surface area contributed by atoms with E-state index in [9.17, 15) is 9.59 Å². The Morgan fingerprint density at radius 2 is 2.15 bits per heavy atom. The second-order valence-corrected chi connectivity index (χ2v) is 4.95. The summed E-state index contributed by atoms with van der Waals surface area (Å²) in [5, 5.41) is 11.4. The molecule has 2 amide bonds. The van der Waals surface area contributed by atoms with Gasteiger partial charge in [-0.15, -0.1) is 0 Å². The van der Waals surface area contributed by atoms with Crippen molar-refractivity contribution in [1.82, 2.24) is 10.2 Å². The van der Waals surface area contributed by atoms with Crippen molar-refractivity contribution >= 4 is 11.8 Å². The first-order valence-electron chi connectivity index (χ1n) is 6.86. The average molecular weight is 276 g/mol. The van der Waals surface area contributed by atoms with E-state index in [1.54, 1.807) is 4.90 Å². The van der Waals surface area contributed by atoms with Crippen LogP contribution in [0.1, 0.15) is 30.5 Å². The molecule has 1 aliphatic rings. The van der Waals surface area contributed by atoms with E-state index in [1.807, 2.05) is 24.3 Å². The molecule has 5 nitrogen and oxygen atoms in total. The van der Waals surface area contributed by atoms with Crippen LogP contribution in [0, 0.1) is 0 Å². The number of hydrogen-bond donors (Lipinski definition) is 2. The first-order valence-corrected chi connectivity index (χ1v) is 6.86. The van der Waals surface area contributed by atoms with Gasteiger partial charge in [0.1, 0.15) is 0 Å². The Morgan fingerprint density at radius 1 is 1.40 bits per heavy atom. The Kier molecular flexibility index (Phi) is 4.74. The number of amides is 2. The van der Waals surface area contributed by atoms with Gasteiger partial charge in [0.25, 0.3) is 0 Å². The number of benzene rings is 1. The van der Waals surface area contributed by atoms with Gasteiger partial charge in [0.2, 0.25) is 11.8 Å². The van der Waals surface area contributed by atoms with Gasteiger partial charge in [-0.05, 0) is 17.5 Å². The Morgan fingerprint density at radius 3 is 2.85 bits per heavy atom. The molecular weight excluding hydrogens is 256 g/mol. The van der Waals surface area contributed by atoms with Crippen LogP contribution in [0.4, 0.5) is 0 Å². The van der Waals surface area contributed by atoms with E-state index >= 15 is 0 Å². The quantitative estimate of drug-likeness (QED) is 0.847. The summed E-state index contributed by atoms with van der Waals surface area (Å²) in [4.78, 5) is 25.4. The normalized spacial score (nSPS) is 17.5. The Hall–Kier alpha value is -1.88. The van der Waals surface area contributed by atoms with Crippen LogP contribution in [0.25, 0.3) is 0 Å². The lowest BCUT2D eigenvalue weighted by Gasteiger charge is -2.36. The second kappa shape index (κ2) is 6.52. The molecule has 1 aromatic carbocycles. The minimum absolute atomic E-state index is 0.0144. The van der Waals surface area contributed by atoms with Crippen LogP contribution in [0.3, 0.4) is 0 Å². The second-order valence-electron chi connectivity index (χ2n) is 4.95. The number of hydrogen-bond acceptors (Lipinski definition) is 3. The molecule has 20 heavy (non-hydrogen) atoms. The fourth-order valence-corrected chi connectivity index (χ4v) is 2.69. The minimum atomic E-state index is -0.212. The van der Waals surface area contributed by atoms with Crippen LogP contribution >= 0.6 is 0 Å². The largest absolute Gasteiger partial charge is 0.395 e. The van der Waals surface area contributed by atoms with E-state index in [0.717, 1.165) is 12.0 Å². The molecule has 0 saturated heterocycles. The third kappa shape index (κ3) is 3.17. The van der Waals surface area contributed by atoms with Crippen LogP contribution in [0.15, 0.2) is 24.3 Å². The predicted octanol–water partition coefficient (Wildman–Crippen LogP) is 0.631. The maximum Gasteiger partial charge on any atom is 0.222 e. The van der Waals surface area contributed by atoms with E-state index < -0.39 is 0 Å². The number of carbonyl (C=O) groups excluding carboxylic acids is 2. The standard InChI is InChI=1S/C15H20N2O3/c1-11(19)17-8-6-12-4-2-3-5-13(12)14(17)10-15(20)16-7-9-18/h2-5,14,18H,6-10H2,1H3,(H,16,20). The zero-order valence-corrected chi connectivity index (χ0v) is 11.6. The third-order valence-corrected chi connectivity index (χ3v) is 3.63. The Bertz CT molecular complexity index is 502. The number of fused-ring (bicyclic) bond motifs is 1. The van der Waals surface area contributed by atoms with Crippen molar-refractivity contribution in [2.45, 2.75) is 25.8 Å². The zero-order chi connectivity index (χ0) is 14.5. The molecule has 2 rings (SSSR count). The highest BCUT2D eigenvalue weighted by molar-refractivity contribution is 5.79. The molecule has 1 aliphatic heterocycles. The predicted molar refractivity (Wildman–Crippen MR) is 75.0 cm³/mol. The maximum absolute atomic E-state index is 11.9. The Balaban J connectivity index is 2.20. The number of aliphatic hydroxyl groups excluding tert-OH is 1. The van der Waals surface area contributed by atoms with Crippen LogP contribution in [-0.4, -0.2) is 41.5 Å². The molecule has 0 bridgehead atoms. The van der Waals surface area contributed by atoms with E-state index in [2.05, 4.69) is 5.32 Å². The van der Waals surface area contributed by atoms with Gasteiger partial charge in [-0.2, -0.15) is 0 Å². The lowest BCUT2D eigenvalue weighted by molar-refractivity contribution is -0.133. The smallest absolute Gasteiger partial charge is 0.222 e. The number of nitrogens with one attached hydrogen (secondary N) is 1. The van der Waals surface area contributed by atoms with Crippen molar-refractivity contribution in [1.29, 1.82) is 0 Å². The van der Waals surface area contributed by atoms with Gasteiger partial charge in [0.15, 0.2) is 0 Å². The molecule has 2 N–H and O–H groups in total. The molecule has 0 spiro atoms. The van der Waals surface area contributed by atoms with Crippen molar-refractivity contribution in [3.63, 3.8) is 0 Å². The number of aliphatic hydroxyl groups is 1. The van der Waals surface area contributed by atoms with Gasteiger partial charge in [0, 0.05) is 20.0 Å². The number of nitrogens with zero attached hydrogens (tertiary/aromatic N) is 1. The molecule has 0 saturated carbocycles. The van der Waals surface area contributed by atoms with Crippen LogP contribution in [-0.2, 0) is 16.0 Å². The van der Waals surface area contributed by atoms with Crippen LogP contribution in [0.2, 0.25) is 0 Å². The maximum atomic E-state index is 11.9. The van der Waals surface area contributed by atoms with Crippen molar-refractivity contribution in [3.8, 4) is 0 Å². The molecule has 1 heterocycles. The summed E-state index contributed by atoms with van der Waals surface area (Å²) in [6.45, 7) is 2.34. The summed E-state index contributed by atoms with van der Waals surface area (Å²) in [7, 11) is 0. The van der Waals surface area contributed by atoms with E-state index in [1.165, 1.54) is 12.5 Å². The van der Waals surface area contributed by atoms with Gasteiger partial charge in [-0.3, -0.25) is 9.59 Å². The topological polar surface area (TPSA) is 69.6 Å². The highest BCUT2D eigenvalue weighted by atomic mass is 16.3. The molecule has 1 atom stereocenters. The van der Waals surface area contributed by atoms with Gasteiger partial charge >= 0.3 is 0 Å². The molecular formula is C15H20N2O3. The summed E-state index contributed by atoms with van der Waals surface area (Å²) in [5.74, 6) is -0.161. The summed E-state index contributed by atoms with van der Waals surface area (Å²) in [6.07, 6.45) is 1.06. The van der Waals surface area contributed by atoms with Gasteiger partial charge in [-0.25, -0.2) is 0 Å². The molecule has 0 aliphatic carbocycles. The van der Waals surface area contributed by atoms with Crippen molar-refractivity contribution < 1.29 is 14.7 Å². The van der Waals surface area contributed by atoms with Gasteiger partial charge in [0.05, 0.1) is 19.1 Å². The number of carbonyl (C=O) groups is 2. The minimum Gasteiger partial charge on any atom is -0.395 e. The fraction of sp³-hybridized carbons (Fsp3) is 0.467. The Labute approximate surface area is 118 Å². The molecule has 0 fully saturated rings. The first-order chi connectivity index (χ1) is 9.63. The van der Waals surface area contributed by atoms with Crippen molar-refractivity contribution in [3.05, 3.63) is 35.4 Å². The van der Waals surface area contributed by atoms with E-state index in [-0.39, 0.29) is 37.4 Å².